The van der Waals surface area contributed by atoms with E-state index in [1.54, 1.807) is 0 Å². The van der Waals surface area contributed by atoms with Gasteiger partial charge in [-0.25, -0.2) is 4.39 Å². The van der Waals surface area contributed by atoms with Crippen molar-refractivity contribution in [2.24, 2.45) is 0 Å². The highest BCUT2D eigenvalue weighted by molar-refractivity contribution is 5.26. The van der Waals surface area contributed by atoms with Crippen LogP contribution in [-0.2, 0) is 6.54 Å². The predicted octanol–water partition coefficient (Wildman–Crippen LogP) is 3.08. The van der Waals surface area contributed by atoms with E-state index in [9.17, 15) is 9.50 Å². The third kappa shape index (κ3) is 6.61. The number of aliphatic hydroxyl groups is 1. The van der Waals surface area contributed by atoms with Crippen LogP contribution in [0, 0.1) is 12.7 Å². The van der Waals surface area contributed by atoms with Crippen molar-refractivity contribution in [1.82, 2.24) is 9.80 Å². The Hall–Kier alpha value is -1.95. The van der Waals surface area contributed by atoms with Crippen molar-refractivity contribution in [3.63, 3.8) is 0 Å². The van der Waals surface area contributed by atoms with Crippen molar-refractivity contribution in [2.45, 2.75) is 26.0 Å². The third-order valence-corrected chi connectivity index (χ3v) is 4.93. The molecule has 27 heavy (non-hydrogen) atoms. The van der Waals surface area contributed by atoms with Gasteiger partial charge in [-0.15, -0.1) is 0 Å². The fourth-order valence-corrected chi connectivity index (χ4v) is 3.39. The predicted molar refractivity (Wildman–Crippen MR) is 105 cm³/mol. The lowest BCUT2D eigenvalue weighted by atomic mass is 10.2. The van der Waals surface area contributed by atoms with Gasteiger partial charge in [-0.05, 0) is 56.3 Å². The molecule has 1 saturated heterocycles. The van der Waals surface area contributed by atoms with Gasteiger partial charge in [-0.2, -0.15) is 0 Å². The minimum Gasteiger partial charge on any atom is -0.491 e. The summed E-state index contributed by atoms with van der Waals surface area (Å²) in [5, 5.41) is 10.3. The Morgan fingerprint density at radius 2 is 1.63 bits per heavy atom. The van der Waals surface area contributed by atoms with Crippen molar-refractivity contribution in [1.29, 1.82) is 0 Å². The summed E-state index contributed by atoms with van der Waals surface area (Å²) in [4.78, 5) is 4.69. The second-order valence-electron chi connectivity index (χ2n) is 7.33. The molecule has 4 nitrogen and oxygen atoms in total. The van der Waals surface area contributed by atoms with E-state index in [2.05, 4.69) is 9.80 Å². The van der Waals surface area contributed by atoms with Gasteiger partial charge >= 0.3 is 0 Å². The van der Waals surface area contributed by atoms with E-state index in [1.807, 2.05) is 43.3 Å². The monoisotopic (exact) mass is 372 g/mol. The lowest BCUT2D eigenvalue weighted by molar-refractivity contribution is 0.0693. The number of rotatable bonds is 7. The summed E-state index contributed by atoms with van der Waals surface area (Å²) in [5.41, 5.74) is 2.33. The van der Waals surface area contributed by atoms with Crippen molar-refractivity contribution < 1.29 is 14.2 Å². The largest absolute Gasteiger partial charge is 0.491 e. The van der Waals surface area contributed by atoms with Crippen molar-refractivity contribution in [3.05, 3.63) is 65.5 Å². The minimum atomic E-state index is -0.505. The third-order valence-electron chi connectivity index (χ3n) is 4.93. The van der Waals surface area contributed by atoms with Crippen LogP contribution >= 0.6 is 0 Å². The number of hydrogen-bond donors (Lipinski definition) is 1. The van der Waals surface area contributed by atoms with Crippen LogP contribution in [0.4, 0.5) is 4.39 Å². The first-order valence-electron chi connectivity index (χ1n) is 9.65. The van der Waals surface area contributed by atoms with E-state index >= 15 is 0 Å². The maximum atomic E-state index is 13.0. The molecule has 1 aliphatic rings. The molecule has 0 amide bonds. The molecule has 1 fully saturated rings. The number of benzene rings is 2. The molecule has 1 aliphatic heterocycles. The molecule has 2 aromatic carbocycles. The molecular formula is C22H29FN2O2. The number of nitrogens with zero attached hydrogens (tertiary/aromatic N) is 2. The maximum absolute atomic E-state index is 13.0. The molecule has 0 saturated carbocycles. The summed E-state index contributed by atoms with van der Waals surface area (Å²) in [6, 6.07) is 14.6. The highest BCUT2D eigenvalue weighted by Gasteiger charge is 2.18. The number of aryl methyl sites for hydroxylation is 1. The normalized spacial score (nSPS) is 17.4. The first kappa shape index (κ1) is 19.8. The standard InChI is InChI=1S/C22H29FN2O2/c1-18-3-9-22(10-4-18)27-17-21(26)16-25-12-2-11-24(13-14-25)15-19-5-7-20(23)8-6-19/h3-10,21,26H,2,11-17H2,1H3. The number of ether oxygens (including phenoxy) is 1. The molecule has 146 valence electrons. The van der Waals surface area contributed by atoms with Gasteiger partial charge in [0.05, 0.1) is 0 Å². The summed E-state index contributed by atoms with van der Waals surface area (Å²) < 4.78 is 18.7. The molecule has 1 heterocycles. The lowest BCUT2D eigenvalue weighted by Gasteiger charge is -2.24. The van der Waals surface area contributed by atoms with Crippen molar-refractivity contribution >= 4 is 0 Å². The second kappa shape index (κ2) is 9.83. The van der Waals surface area contributed by atoms with Crippen LogP contribution in [0.1, 0.15) is 17.5 Å². The Morgan fingerprint density at radius 3 is 2.37 bits per heavy atom. The minimum absolute atomic E-state index is 0.192. The topological polar surface area (TPSA) is 35.9 Å². The number of halogens is 1. The molecule has 5 heteroatoms. The number of hydrogen-bond acceptors (Lipinski definition) is 4. The molecule has 0 bridgehead atoms. The van der Waals surface area contributed by atoms with E-state index in [1.165, 1.54) is 17.7 Å². The number of aliphatic hydroxyl groups excluding tert-OH is 1. The zero-order valence-electron chi connectivity index (χ0n) is 16.0. The van der Waals surface area contributed by atoms with Crippen LogP contribution in [0.3, 0.4) is 0 Å². The van der Waals surface area contributed by atoms with E-state index in [-0.39, 0.29) is 5.82 Å². The Bertz CT molecular complexity index is 690. The smallest absolute Gasteiger partial charge is 0.123 e. The summed E-state index contributed by atoms with van der Waals surface area (Å²) in [5.74, 6) is 0.601. The molecule has 1 N–H and O–H groups in total. The highest BCUT2D eigenvalue weighted by Crippen LogP contribution is 2.13. The van der Waals surface area contributed by atoms with Gasteiger partial charge in [0, 0.05) is 26.2 Å². The van der Waals surface area contributed by atoms with Gasteiger partial charge in [0.25, 0.3) is 0 Å². The molecular weight excluding hydrogens is 343 g/mol. The van der Waals surface area contributed by atoms with E-state index in [0.717, 1.165) is 50.5 Å². The van der Waals surface area contributed by atoms with E-state index in [4.69, 9.17) is 4.74 Å². The summed E-state index contributed by atoms with van der Waals surface area (Å²) in [6.07, 6.45) is 0.558. The van der Waals surface area contributed by atoms with Crippen molar-refractivity contribution in [3.8, 4) is 5.75 Å². The first-order chi connectivity index (χ1) is 13.1. The van der Waals surface area contributed by atoms with Crippen LogP contribution in [-0.4, -0.2) is 60.3 Å². The Kier molecular flexibility index (Phi) is 7.21. The Morgan fingerprint density at radius 1 is 0.963 bits per heavy atom. The molecule has 0 aliphatic carbocycles. The molecule has 0 radical (unpaired) electrons. The van der Waals surface area contributed by atoms with Crippen molar-refractivity contribution in [2.75, 3.05) is 39.3 Å². The quantitative estimate of drug-likeness (QED) is 0.810. The van der Waals surface area contributed by atoms with E-state index < -0.39 is 6.10 Å². The molecule has 1 atom stereocenters. The zero-order chi connectivity index (χ0) is 19.1. The number of β-amino-alcohol motifs (C(OH)–C–C–N with tert-alkyl or cyclic N) is 1. The first-order valence-corrected chi connectivity index (χ1v) is 9.65. The van der Waals surface area contributed by atoms with Crippen LogP contribution in [0.5, 0.6) is 5.75 Å². The maximum Gasteiger partial charge on any atom is 0.123 e. The summed E-state index contributed by atoms with van der Waals surface area (Å²) >= 11 is 0. The van der Waals surface area contributed by atoms with Gasteiger partial charge in [0.2, 0.25) is 0 Å². The summed E-state index contributed by atoms with van der Waals surface area (Å²) in [6.45, 7) is 7.66. The van der Waals surface area contributed by atoms with Gasteiger partial charge < -0.3 is 9.84 Å². The van der Waals surface area contributed by atoms with Crippen LogP contribution < -0.4 is 4.74 Å². The molecule has 0 spiro atoms. The fraction of sp³-hybridized carbons (Fsp3) is 0.455. The Balaban J connectivity index is 1.40. The Labute approximate surface area is 161 Å². The lowest BCUT2D eigenvalue weighted by Crippen LogP contribution is -2.38. The van der Waals surface area contributed by atoms with E-state index in [0.29, 0.717) is 13.2 Å². The van der Waals surface area contributed by atoms with Crippen LogP contribution in [0.2, 0.25) is 0 Å². The summed E-state index contributed by atoms with van der Waals surface area (Å²) in [7, 11) is 0. The molecule has 0 aromatic heterocycles. The van der Waals surface area contributed by atoms with Crippen LogP contribution in [0.15, 0.2) is 48.5 Å². The molecule has 1 unspecified atom stereocenters. The second-order valence-corrected chi connectivity index (χ2v) is 7.33. The SMILES string of the molecule is Cc1ccc(OCC(O)CN2CCCN(Cc3ccc(F)cc3)CC2)cc1. The van der Waals surface area contributed by atoms with Crippen LogP contribution in [0.25, 0.3) is 0 Å². The van der Waals surface area contributed by atoms with Gasteiger partial charge in [0.1, 0.15) is 24.3 Å². The van der Waals surface area contributed by atoms with Gasteiger partial charge in [-0.1, -0.05) is 29.8 Å². The molecule has 2 aromatic rings. The fourth-order valence-electron chi connectivity index (χ4n) is 3.39. The highest BCUT2D eigenvalue weighted by atomic mass is 19.1. The zero-order valence-corrected chi connectivity index (χ0v) is 16.0. The average Bonchev–Trinajstić information content (AvgIpc) is 2.88. The average molecular weight is 372 g/mol. The van der Waals surface area contributed by atoms with Gasteiger partial charge in [0.15, 0.2) is 0 Å². The molecule has 3 rings (SSSR count). The van der Waals surface area contributed by atoms with Gasteiger partial charge in [-0.3, -0.25) is 9.80 Å².